The molecule has 0 radical (unpaired) electrons. The Labute approximate surface area is 217 Å². The Morgan fingerprint density at radius 3 is 2.49 bits per heavy atom. The number of esters is 2. The van der Waals surface area contributed by atoms with Gasteiger partial charge in [0.05, 0.1) is 13.7 Å². The third-order valence-corrected chi connectivity index (χ3v) is 7.74. The van der Waals surface area contributed by atoms with Crippen LogP contribution in [0.2, 0.25) is 0 Å². The average Bonchev–Trinajstić information content (AvgIpc) is 3.22. The number of methoxy groups -OCH3 is 1. The van der Waals surface area contributed by atoms with Crippen LogP contribution in [0.4, 0.5) is 0 Å². The van der Waals surface area contributed by atoms with Gasteiger partial charge in [-0.05, 0) is 74.3 Å². The lowest BCUT2D eigenvalue weighted by Crippen LogP contribution is -2.13. The zero-order valence-corrected chi connectivity index (χ0v) is 22.7. The van der Waals surface area contributed by atoms with Crippen LogP contribution in [0.15, 0.2) is 36.4 Å². The minimum absolute atomic E-state index is 0.139. The first kappa shape index (κ1) is 29.4. The average molecular weight is 505 g/mol. The normalized spacial score (nSPS) is 20.7. The molecule has 2 rings (SSSR count). The van der Waals surface area contributed by atoms with E-state index in [0.29, 0.717) is 30.8 Å². The van der Waals surface area contributed by atoms with E-state index in [4.69, 9.17) is 21.1 Å². The molecule has 1 aliphatic rings. The van der Waals surface area contributed by atoms with E-state index in [1.54, 1.807) is 0 Å². The molecule has 4 nitrogen and oxygen atoms in total. The predicted molar refractivity (Wildman–Crippen MR) is 144 cm³/mol. The first-order valence-electron chi connectivity index (χ1n) is 13.5. The summed E-state index contributed by atoms with van der Waals surface area (Å²) in [6.45, 7) is 4.22. The Hall–Kier alpha value is -1.81. The minimum Gasteiger partial charge on any atom is -0.469 e. The molecule has 0 aromatic heterocycles. The van der Waals surface area contributed by atoms with Gasteiger partial charge in [-0.2, -0.15) is 0 Å². The number of benzene rings is 1. The van der Waals surface area contributed by atoms with Crippen molar-refractivity contribution in [2.75, 3.05) is 13.7 Å². The van der Waals surface area contributed by atoms with Gasteiger partial charge in [0, 0.05) is 24.6 Å². The van der Waals surface area contributed by atoms with E-state index < -0.39 is 0 Å². The second-order valence-electron chi connectivity index (χ2n) is 9.90. The zero-order chi connectivity index (χ0) is 25.5. The van der Waals surface area contributed by atoms with E-state index in [0.717, 1.165) is 44.9 Å². The van der Waals surface area contributed by atoms with Crippen LogP contribution in [-0.2, 0) is 19.1 Å². The molecule has 0 aliphatic heterocycles. The van der Waals surface area contributed by atoms with E-state index in [9.17, 15) is 9.59 Å². The number of allylic oxidation sites excluding steroid dienone is 2. The van der Waals surface area contributed by atoms with Gasteiger partial charge < -0.3 is 9.47 Å². The third kappa shape index (κ3) is 10.8. The minimum atomic E-state index is -0.199. The number of hydrogen-bond donors (Lipinski definition) is 0. The van der Waals surface area contributed by atoms with Crippen molar-refractivity contribution in [3.63, 3.8) is 0 Å². The van der Waals surface area contributed by atoms with Crippen molar-refractivity contribution >= 4 is 23.5 Å². The first-order chi connectivity index (χ1) is 17.0. The fourth-order valence-electron chi connectivity index (χ4n) is 5.28. The van der Waals surface area contributed by atoms with Crippen LogP contribution in [0.3, 0.4) is 0 Å². The lowest BCUT2D eigenvalue weighted by Gasteiger charge is -2.23. The van der Waals surface area contributed by atoms with Crippen molar-refractivity contribution < 1.29 is 19.1 Å². The van der Waals surface area contributed by atoms with Crippen molar-refractivity contribution in [1.82, 2.24) is 0 Å². The lowest BCUT2D eigenvalue weighted by molar-refractivity contribution is -0.141. The highest BCUT2D eigenvalue weighted by molar-refractivity contribution is 6.21. The number of rotatable bonds is 16. The Morgan fingerprint density at radius 1 is 1.06 bits per heavy atom. The molecule has 35 heavy (non-hydrogen) atoms. The molecule has 0 spiro atoms. The Bertz CT molecular complexity index is 773. The van der Waals surface area contributed by atoms with Gasteiger partial charge in [-0.1, -0.05) is 62.6 Å². The van der Waals surface area contributed by atoms with Crippen molar-refractivity contribution in [2.24, 2.45) is 5.92 Å². The number of unbranched alkanes of at least 4 members (excludes halogenated alkanes) is 3. The molecule has 196 valence electrons. The maximum Gasteiger partial charge on any atom is 0.305 e. The summed E-state index contributed by atoms with van der Waals surface area (Å²) >= 11 is 6.80. The van der Waals surface area contributed by atoms with Gasteiger partial charge in [0.2, 0.25) is 0 Å². The molecule has 1 saturated carbocycles. The summed E-state index contributed by atoms with van der Waals surface area (Å²) in [7, 11) is 1.44. The molecular formula is C30H45ClO4. The number of ether oxygens (including phenoxy) is 2. The summed E-state index contributed by atoms with van der Waals surface area (Å²) in [5.74, 6) is 1.11. The van der Waals surface area contributed by atoms with Crippen LogP contribution in [0, 0.1) is 5.92 Å². The summed E-state index contributed by atoms with van der Waals surface area (Å²) in [5, 5.41) is 0.183. The summed E-state index contributed by atoms with van der Waals surface area (Å²) in [6, 6.07) is 9.21. The number of hydrogen-bond acceptors (Lipinski definition) is 4. The van der Waals surface area contributed by atoms with Gasteiger partial charge in [-0.15, -0.1) is 11.6 Å². The summed E-state index contributed by atoms with van der Waals surface area (Å²) in [4.78, 5) is 22.3. The SMILES string of the molecule is CCCCCC(CCCOC(C)=O)c1ccc(C2[C@@H](C/C=C\CCCC(=O)OC)CC[C@H]2Cl)cc1. The standard InChI is InChI=1S/C30H45ClO4/c1-4-5-8-12-24(14-11-22-35-23(2)32)25-16-18-27(19-17-25)30-26(20-21-28(30)31)13-9-6-7-10-15-29(33)34-3/h6,9,16-19,24,26,28,30H,4-5,7-8,10-15,20-22H2,1-3H3/b9-6-/t24?,26-,28+,30?/m0/s1. The number of halogens is 1. The zero-order valence-electron chi connectivity index (χ0n) is 22.0. The van der Waals surface area contributed by atoms with Gasteiger partial charge in [-0.25, -0.2) is 0 Å². The molecular weight excluding hydrogens is 460 g/mol. The summed E-state index contributed by atoms with van der Waals surface area (Å²) in [6.07, 6.45) is 16.8. The molecule has 4 atom stereocenters. The van der Waals surface area contributed by atoms with Crippen LogP contribution in [-0.4, -0.2) is 31.0 Å². The third-order valence-electron chi connectivity index (χ3n) is 7.25. The van der Waals surface area contributed by atoms with Crippen LogP contribution >= 0.6 is 11.6 Å². The number of carbonyl (C=O) groups excluding carboxylic acids is 2. The van der Waals surface area contributed by atoms with E-state index in [1.165, 1.54) is 50.8 Å². The fraction of sp³-hybridized carbons (Fsp3) is 0.667. The van der Waals surface area contributed by atoms with E-state index >= 15 is 0 Å². The molecule has 1 aliphatic carbocycles. The Morgan fingerprint density at radius 2 is 1.80 bits per heavy atom. The first-order valence-corrected chi connectivity index (χ1v) is 14.0. The predicted octanol–water partition coefficient (Wildman–Crippen LogP) is 8.08. The van der Waals surface area contributed by atoms with Crippen LogP contribution in [0.5, 0.6) is 0 Å². The van der Waals surface area contributed by atoms with Gasteiger partial charge in [0.1, 0.15) is 0 Å². The van der Waals surface area contributed by atoms with E-state index in [2.05, 4.69) is 43.3 Å². The van der Waals surface area contributed by atoms with Crippen LogP contribution in [0.1, 0.15) is 114 Å². The molecule has 0 heterocycles. The van der Waals surface area contributed by atoms with Crippen molar-refractivity contribution in [3.05, 3.63) is 47.5 Å². The summed E-state index contributed by atoms with van der Waals surface area (Å²) < 4.78 is 9.85. The fourth-order valence-corrected chi connectivity index (χ4v) is 5.76. The van der Waals surface area contributed by atoms with Gasteiger partial charge in [0.25, 0.3) is 0 Å². The van der Waals surface area contributed by atoms with Crippen LogP contribution < -0.4 is 0 Å². The maximum absolute atomic E-state index is 11.2. The lowest BCUT2D eigenvalue weighted by atomic mass is 9.84. The van der Waals surface area contributed by atoms with E-state index in [1.807, 2.05) is 0 Å². The smallest absolute Gasteiger partial charge is 0.305 e. The van der Waals surface area contributed by atoms with Gasteiger partial charge >= 0.3 is 11.9 Å². The van der Waals surface area contributed by atoms with Crippen LogP contribution in [0.25, 0.3) is 0 Å². The molecule has 5 heteroatoms. The molecule has 1 fully saturated rings. The summed E-state index contributed by atoms with van der Waals surface area (Å²) in [5.41, 5.74) is 2.74. The molecule has 0 saturated heterocycles. The van der Waals surface area contributed by atoms with E-state index in [-0.39, 0.29) is 17.3 Å². The molecule has 1 aromatic carbocycles. The van der Waals surface area contributed by atoms with Gasteiger partial charge in [-0.3, -0.25) is 9.59 Å². The van der Waals surface area contributed by atoms with Crippen molar-refractivity contribution in [2.45, 2.75) is 108 Å². The van der Waals surface area contributed by atoms with Crippen molar-refractivity contribution in [1.29, 1.82) is 0 Å². The van der Waals surface area contributed by atoms with Crippen molar-refractivity contribution in [3.8, 4) is 0 Å². The maximum atomic E-state index is 11.2. The Balaban J connectivity index is 1.95. The number of alkyl halides is 1. The highest BCUT2D eigenvalue weighted by atomic mass is 35.5. The quantitative estimate of drug-likeness (QED) is 0.0987. The monoisotopic (exact) mass is 504 g/mol. The highest BCUT2D eigenvalue weighted by Crippen LogP contribution is 2.45. The molecule has 0 amide bonds. The molecule has 2 unspecified atom stereocenters. The van der Waals surface area contributed by atoms with Gasteiger partial charge in [0.15, 0.2) is 0 Å². The highest BCUT2D eigenvalue weighted by Gasteiger charge is 2.35. The topological polar surface area (TPSA) is 52.6 Å². The second-order valence-corrected chi connectivity index (χ2v) is 10.5. The largest absolute Gasteiger partial charge is 0.469 e. The molecule has 0 N–H and O–H groups in total. The Kier molecular flexibility index (Phi) is 14.1. The number of carbonyl (C=O) groups is 2. The second kappa shape index (κ2) is 16.8. The molecule has 0 bridgehead atoms. The molecule has 1 aromatic rings.